The summed E-state index contributed by atoms with van der Waals surface area (Å²) in [6, 6.07) is 3.63. The molecule has 0 aromatic heterocycles. The molecule has 0 saturated carbocycles. The predicted octanol–water partition coefficient (Wildman–Crippen LogP) is 2.42. The van der Waals surface area contributed by atoms with Crippen LogP contribution in [0.25, 0.3) is 0 Å². The highest BCUT2D eigenvalue weighted by atomic mass is 19.4. The van der Waals surface area contributed by atoms with Gasteiger partial charge in [-0.25, -0.2) is 4.79 Å². The van der Waals surface area contributed by atoms with Gasteiger partial charge < -0.3 is 15.7 Å². The van der Waals surface area contributed by atoms with Crippen LogP contribution in [-0.2, 0) is 9.59 Å². The molecule has 0 heterocycles. The summed E-state index contributed by atoms with van der Waals surface area (Å²) in [5, 5.41) is 12.8. The number of anilines is 1. The minimum absolute atomic E-state index is 0.00857. The van der Waals surface area contributed by atoms with Crippen LogP contribution in [0.4, 0.5) is 18.9 Å². The van der Waals surface area contributed by atoms with E-state index in [0.717, 1.165) is 0 Å². The Labute approximate surface area is 136 Å². The van der Waals surface area contributed by atoms with Crippen molar-refractivity contribution in [3.8, 4) is 0 Å². The molecule has 1 atom stereocenters. The van der Waals surface area contributed by atoms with E-state index in [9.17, 15) is 27.6 Å². The first-order chi connectivity index (χ1) is 10.8. The zero-order valence-electron chi connectivity index (χ0n) is 13.2. The van der Waals surface area contributed by atoms with Gasteiger partial charge in [-0.2, -0.15) is 13.2 Å². The van der Waals surface area contributed by atoms with Crippen molar-refractivity contribution in [3.05, 3.63) is 29.8 Å². The Morgan fingerprint density at radius 3 is 1.92 bits per heavy atom. The van der Waals surface area contributed by atoms with Gasteiger partial charge in [0.2, 0.25) is 5.91 Å². The van der Waals surface area contributed by atoms with Crippen LogP contribution in [0.3, 0.4) is 0 Å². The molecule has 0 fully saturated rings. The molecule has 1 aromatic carbocycles. The van der Waals surface area contributed by atoms with Crippen LogP contribution in [0.2, 0.25) is 0 Å². The number of benzene rings is 1. The molecular formula is C15H17F3N2O4. The number of halogens is 3. The molecule has 0 saturated heterocycles. The largest absolute Gasteiger partial charge is 0.478 e. The molecule has 0 aliphatic rings. The first-order valence-corrected chi connectivity index (χ1v) is 6.84. The van der Waals surface area contributed by atoms with Gasteiger partial charge in [0.25, 0.3) is 0 Å². The number of rotatable bonds is 4. The summed E-state index contributed by atoms with van der Waals surface area (Å²) in [4.78, 5) is 34.1. The predicted molar refractivity (Wildman–Crippen MR) is 79.5 cm³/mol. The van der Waals surface area contributed by atoms with E-state index in [2.05, 4.69) is 5.32 Å². The second-order valence-electron chi connectivity index (χ2n) is 6.14. The molecule has 1 aromatic rings. The third kappa shape index (κ3) is 5.25. The number of amides is 2. The number of alkyl halides is 3. The molecule has 0 aliphatic heterocycles. The quantitative estimate of drug-likeness (QED) is 0.780. The van der Waals surface area contributed by atoms with E-state index >= 15 is 0 Å². The molecule has 0 bridgehead atoms. The molecule has 2 amide bonds. The number of carbonyl (C=O) groups excluding carboxylic acids is 2. The molecule has 0 spiro atoms. The lowest BCUT2D eigenvalue weighted by molar-refractivity contribution is -0.175. The van der Waals surface area contributed by atoms with Crippen LogP contribution in [0.1, 0.15) is 31.1 Å². The van der Waals surface area contributed by atoms with Crippen LogP contribution in [0, 0.1) is 5.41 Å². The number of carboxylic acid groups (broad SMARTS) is 1. The van der Waals surface area contributed by atoms with Crippen molar-refractivity contribution in [2.45, 2.75) is 33.0 Å². The highest BCUT2D eigenvalue weighted by molar-refractivity contribution is 5.98. The fourth-order valence-corrected chi connectivity index (χ4v) is 1.80. The zero-order valence-corrected chi connectivity index (χ0v) is 13.2. The molecule has 1 rings (SSSR count). The maximum atomic E-state index is 12.4. The summed E-state index contributed by atoms with van der Waals surface area (Å²) < 4.78 is 37.2. The summed E-state index contributed by atoms with van der Waals surface area (Å²) in [7, 11) is 0. The van der Waals surface area contributed by atoms with Crippen molar-refractivity contribution in [1.82, 2.24) is 5.32 Å². The molecule has 9 heteroatoms. The van der Waals surface area contributed by atoms with Crippen molar-refractivity contribution in [3.63, 3.8) is 0 Å². The number of hydrogen-bond acceptors (Lipinski definition) is 3. The molecule has 0 unspecified atom stereocenters. The Morgan fingerprint density at radius 1 is 1.04 bits per heavy atom. The molecule has 24 heavy (non-hydrogen) atoms. The average molecular weight is 346 g/mol. The number of carbonyl (C=O) groups is 3. The maximum Gasteiger partial charge on any atom is 0.471 e. The van der Waals surface area contributed by atoms with E-state index in [1.807, 2.05) is 0 Å². The minimum Gasteiger partial charge on any atom is -0.478 e. The summed E-state index contributed by atoms with van der Waals surface area (Å²) >= 11 is 0. The van der Waals surface area contributed by atoms with Crippen LogP contribution < -0.4 is 10.6 Å². The smallest absolute Gasteiger partial charge is 0.471 e. The first-order valence-electron chi connectivity index (χ1n) is 6.84. The van der Waals surface area contributed by atoms with Gasteiger partial charge in [0.15, 0.2) is 0 Å². The number of carboxylic acids is 1. The second kappa shape index (κ2) is 6.90. The SMILES string of the molecule is CC(C)(C)[C@H](NC(=O)C(F)(F)F)C(=O)Nc1ccc(C(=O)O)cc1. The molecular weight excluding hydrogens is 329 g/mol. The van der Waals surface area contributed by atoms with Crippen LogP contribution >= 0.6 is 0 Å². The summed E-state index contributed by atoms with van der Waals surface area (Å²) in [6.45, 7) is 4.50. The lowest BCUT2D eigenvalue weighted by Crippen LogP contribution is -2.54. The highest BCUT2D eigenvalue weighted by Crippen LogP contribution is 2.23. The first kappa shape index (κ1) is 19.5. The summed E-state index contributed by atoms with van der Waals surface area (Å²) in [5.41, 5.74) is -0.794. The third-order valence-electron chi connectivity index (χ3n) is 3.06. The maximum absolute atomic E-state index is 12.4. The fourth-order valence-electron chi connectivity index (χ4n) is 1.80. The Bertz CT molecular complexity index is 634. The lowest BCUT2D eigenvalue weighted by Gasteiger charge is -2.30. The standard InChI is InChI=1S/C15H17F3N2O4/c1-14(2,3)10(20-13(24)15(16,17)18)11(21)19-9-6-4-8(5-7-9)12(22)23/h4-7,10H,1-3H3,(H,19,21)(H,20,24)(H,22,23)/t10-/m1/s1. The Kier molecular flexibility index (Phi) is 5.59. The minimum atomic E-state index is -5.10. The van der Waals surface area contributed by atoms with Gasteiger partial charge in [0.1, 0.15) is 6.04 Å². The summed E-state index contributed by atoms with van der Waals surface area (Å²) in [6.07, 6.45) is -5.10. The fraction of sp³-hybridized carbons (Fsp3) is 0.400. The Balaban J connectivity index is 2.93. The van der Waals surface area contributed by atoms with Crippen molar-refractivity contribution < 1.29 is 32.7 Å². The van der Waals surface area contributed by atoms with Crippen LogP contribution in [0.15, 0.2) is 24.3 Å². The number of hydrogen-bond donors (Lipinski definition) is 3. The normalized spacial score (nSPS) is 13.1. The van der Waals surface area contributed by atoms with Gasteiger partial charge in [-0.15, -0.1) is 0 Å². The van der Waals surface area contributed by atoms with Gasteiger partial charge in [0, 0.05) is 5.69 Å². The van der Waals surface area contributed by atoms with Crippen molar-refractivity contribution in [2.75, 3.05) is 5.32 Å². The number of aromatic carboxylic acids is 1. The van der Waals surface area contributed by atoms with Crippen LogP contribution in [0.5, 0.6) is 0 Å². The lowest BCUT2D eigenvalue weighted by atomic mass is 9.86. The third-order valence-corrected chi connectivity index (χ3v) is 3.06. The molecule has 132 valence electrons. The van der Waals surface area contributed by atoms with Gasteiger partial charge in [-0.3, -0.25) is 9.59 Å². The van der Waals surface area contributed by atoms with Gasteiger partial charge in [-0.1, -0.05) is 20.8 Å². The van der Waals surface area contributed by atoms with Crippen molar-refractivity contribution in [2.24, 2.45) is 5.41 Å². The molecule has 0 aliphatic carbocycles. The van der Waals surface area contributed by atoms with E-state index < -0.39 is 35.4 Å². The van der Waals surface area contributed by atoms with Gasteiger partial charge >= 0.3 is 18.1 Å². The van der Waals surface area contributed by atoms with Gasteiger partial charge in [-0.05, 0) is 29.7 Å². The van der Waals surface area contributed by atoms with Crippen molar-refractivity contribution in [1.29, 1.82) is 0 Å². The number of nitrogens with one attached hydrogen (secondary N) is 2. The Hall–Kier alpha value is -2.58. The van der Waals surface area contributed by atoms with E-state index in [0.29, 0.717) is 0 Å². The topological polar surface area (TPSA) is 95.5 Å². The zero-order chi connectivity index (χ0) is 18.7. The van der Waals surface area contributed by atoms with Crippen molar-refractivity contribution >= 4 is 23.5 Å². The average Bonchev–Trinajstić information content (AvgIpc) is 2.42. The van der Waals surface area contributed by atoms with E-state index in [4.69, 9.17) is 5.11 Å². The molecule has 0 radical (unpaired) electrons. The highest BCUT2D eigenvalue weighted by Gasteiger charge is 2.43. The van der Waals surface area contributed by atoms with E-state index in [1.165, 1.54) is 45.0 Å². The van der Waals surface area contributed by atoms with Gasteiger partial charge in [0.05, 0.1) is 5.56 Å². The molecule has 6 nitrogen and oxygen atoms in total. The van der Waals surface area contributed by atoms with E-state index in [1.54, 1.807) is 5.32 Å². The van der Waals surface area contributed by atoms with E-state index in [-0.39, 0.29) is 11.3 Å². The summed E-state index contributed by atoms with van der Waals surface area (Å²) in [5.74, 6) is -4.21. The van der Waals surface area contributed by atoms with Crippen LogP contribution in [-0.4, -0.2) is 35.1 Å². The monoisotopic (exact) mass is 346 g/mol. The Morgan fingerprint density at radius 2 is 1.54 bits per heavy atom. The second-order valence-corrected chi connectivity index (χ2v) is 6.14. The molecule has 3 N–H and O–H groups in total.